The predicted molar refractivity (Wildman–Crippen MR) is 85.4 cm³/mol. The SMILES string of the molecule is CCC(CCl)(CCl)NC(=O)C1CCC2CCCCC2C1. The Balaban J connectivity index is 1.92. The second-order valence-corrected chi connectivity index (χ2v) is 7.24. The van der Waals surface area contributed by atoms with E-state index in [9.17, 15) is 4.79 Å². The number of carbonyl (C=O) groups is 1. The molecule has 0 aliphatic heterocycles. The van der Waals surface area contributed by atoms with Gasteiger partial charge in [0.1, 0.15) is 0 Å². The Hall–Kier alpha value is 0.0500. The molecular weight excluding hydrogens is 293 g/mol. The zero-order chi connectivity index (χ0) is 14.6. The summed E-state index contributed by atoms with van der Waals surface area (Å²) in [6.07, 6.45) is 9.54. The topological polar surface area (TPSA) is 29.1 Å². The summed E-state index contributed by atoms with van der Waals surface area (Å²) in [5.74, 6) is 2.78. The minimum Gasteiger partial charge on any atom is -0.348 e. The zero-order valence-corrected chi connectivity index (χ0v) is 14.0. The lowest BCUT2D eigenvalue weighted by molar-refractivity contribution is -0.128. The Morgan fingerprint density at radius 2 is 1.75 bits per heavy atom. The summed E-state index contributed by atoms with van der Waals surface area (Å²) in [7, 11) is 0. The number of alkyl halides is 2. The fraction of sp³-hybridized carbons (Fsp3) is 0.938. The maximum atomic E-state index is 12.5. The third kappa shape index (κ3) is 3.62. The molecule has 2 saturated carbocycles. The van der Waals surface area contributed by atoms with E-state index in [1.165, 1.54) is 32.1 Å². The maximum absolute atomic E-state index is 12.5. The molecule has 2 aliphatic rings. The van der Waals surface area contributed by atoms with Crippen molar-refractivity contribution >= 4 is 29.1 Å². The van der Waals surface area contributed by atoms with Gasteiger partial charge in [0.2, 0.25) is 5.91 Å². The monoisotopic (exact) mass is 319 g/mol. The maximum Gasteiger partial charge on any atom is 0.223 e. The van der Waals surface area contributed by atoms with Crippen LogP contribution in [0.2, 0.25) is 0 Å². The summed E-state index contributed by atoms with van der Waals surface area (Å²) in [6.45, 7) is 2.03. The van der Waals surface area contributed by atoms with E-state index in [0.29, 0.717) is 11.8 Å². The van der Waals surface area contributed by atoms with Crippen LogP contribution in [0.4, 0.5) is 0 Å². The van der Waals surface area contributed by atoms with Crippen molar-refractivity contribution in [1.82, 2.24) is 5.32 Å². The van der Waals surface area contributed by atoms with Crippen LogP contribution in [0.3, 0.4) is 0 Å². The van der Waals surface area contributed by atoms with Gasteiger partial charge in [0.25, 0.3) is 0 Å². The Kier molecular flexibility index (Phi) is 6.04. The van der Waals surface area contributed by atoms with Crippen molar-refractivity contribution in [2.45, 2.75) is 63.8 Å². The van der Waals surface area contributed by atoms with E-state index >= 15 is 0 Å². The third-order valence-electron chi connectivity index (χ3n) is 5.49. The minimum atomic E-state index is -0.427. The molecule has 0 bridgehead atoms. The molecule has 2 nitrogen and oxygen atoms in total. The van der Waals surface area contributed by atoms with Gasteiger partial charge in [-0.25, -0.2) is 0 Å². The zero-order valence-electron chi connectivity index (χ0n) is 12.5. The van der Waals surface area contributed by atoms with Gasteiger partial charge in [-0.15, -0.1) is 23.2 Å². The minimum absolute atomic E-state index is 0.173. The van der Waals surface area contributed by atoms with Crippen LogP contribution in [0.25, 0.3) is 0 Å². The van der Waals surface area contributed by atoms with Gasteiger partial charge in [0, 0.05) is 17.7 Å². The van der Waals surface area contributed by atoms with Crippen LogP contribution < -0.4 is 5.32 Å². The number of fused-ring (bicyclic) bond motifs is 1. The van der Waals surface area contributed by atoms with E-state index in [4.69, 9.17) is 23.2 Å². The van der Waals surface area contributed by atoms with E-state index in [2.05, 4.69) is 5.32 Å². The summed E-state index contributed by atoms with van der Waals surface area (Å²) in [6, 6.07) is 0. The number of rotatable bonds is 5. The van der Waals surface area contributed by atoms with Gasteiger partial charge in [-0.3, -0.25) is 4.79 Å². The van der Waals surface area contributed by atoms with Gasteiger partial charge >= 0.3 is 0 Å². The van der Waals surface area contributed by atoms with Crippen LogP contribution in [0.1, 0.15) is 58.3 Å². The van der Waals surface area contributed by atoms with Crippen molar-refractivity contribution in [1.29, 1.82) is 0 Å². The first-order valence-electron chi connectivity index (χ1n) is 8.08. The molecule has 0 aromatic heterocycles. The fourth-order valence-corrected chi connectivity index (χ4v) is 4.65. The second-order valence-electron chi connectivity index (χ2n) is 6.70. The van der Waals surface area contributed by atoms with Crippen molar-refractivity contribution in [3.05, 3.63) is 0 Å². The van der Waals surface area contributed by atoms with E-state index in [0.717, 1.165) is 31.1 Å². The third-order valence-corrected chi connectivity index (χ3v) is 6.51. The average molecular weight is 320 g/mol. The number of carbonyl (C=O) groups excluding carboxylic acids is 1. The Labute approximate surface area is 133 Å². The molecule has 0 saturated heterocycles. The molecule has 0 spiro atoms. The molecule has 3 atom stereocenters. The standard InChI is InChI=1S/C16H27Cl2NO/c1-2-16(10-17,11-18)19-15(20)14-8-7-12-5-3-4-6-13(12)9-14/h12-14H,2-11H2,1H3,(H,19,20). The lowest BCUT2D eigenvalue weighted by Crippen LogP contribution is -2.53. The number of hydrogen-bond donors (Lipinski definition) is 1. The van der Waals surface area contributed by atoms with Gasteiger partial charge < -0.3 is 5.32 Å². The van der Waals surface area contributed by atoms with Crippen LogP contribution in [0.5, 0.6) is 0 Å². The van der Waals surface area contributed by atoms with E-state index in [-0.39, 0.29) is 11.8 Å². The summed E-state index contributed by atoms with van der Waals surface area (Å²) in [5.41, 5.74) is -0.427. The molecule has 1 N–H and O–H groups in total. The van der Waals surface area contributed by atoms with Crippen molar-refractivity contribution < 1.29 is 4.79 Å². The highest BCUT2D eigenvalue weighted by Crippen LogP contribution is 2.42. The molecule has 2 aliphatic carbocycles. The van der Waals surface area contributed by atoms with Gasteiger partial charge in [-0.2, -0.15) is 0 Å². The molecule has 1 amide bonds. The summed E-state index contributed by atoms with van der Waals surface area (Å²) >= 11 is 12.0. The van der Waals surface area contributed by atoms with Crippen molar-refractivity contribution in [2.24, 2.45) is 17.8 Å². The van der Waals surface area contributed by atoms with Crippen LogP contribution >= 0.6 is 23.2 Å². The molecular formula is C16H27Cl2NO. The average Bonchev–Trinajstić information content (AvgIpc) is 2.52. The summed E-state index contributed by atoms with van der Waals surface area (Å²) < 4.78 is 0. The van der Waals surface area contributed by atoms with E-state index in [1.807, 2.05) is 6.92 Å². The molecule has 0 radical (unpaired) electrons. The molecule has 0 aromatic carbocycles. The first kappa shape index (κ1) is 16.4. The normalized spacial score (nSPS) is 30.6. The largest absolute Gasteiger partial charge is 0.348 e. The van der Waals surface area contributed by atoms with Crippen molar-refractivity contribution in [3.63, 3.8) is 0 Å². The van der Waals surface area contributed by atoms with Crippen LogP contribution in [0, 0.1) is 17.8 Å². The Morgan fingerprint density at radius 3 is 2.35 bits per heavy atom. The van der Waals surface area contributed by atoms with Crippen LogP contribution in [-0.4, -0.2) is 23.2 Å². The quantitative estimate of drug-likeness (QED) is 0.750. The summed E-state index contributed by atoms with van der Waals surface area (Å²) in [5, 5.41) is 3.14. The highest BCUT2D eigenvalue weighted by molar-refractivity contribution is 6.22. The molecule has 20 heavy (non-hydrogen) atoms. The number of nitrogens with one attached hydrogen (secondary N) is 1. The number of hydrogen-bond acceptors (Lipinski definition) is 1. The van der Waals surface area contributed by atoms with E-state index in [1.54, 1.807) is 0 Å². The molecule has 0 heterocycles. The highest BCUT2D eigenvalue weighted by Gasteiger charge is 2.37. The smallest absolute Gasteiger partial charge is 0.223 e. The Bertz CT molecular complexity index is 322. The molecule has 3 unspecified atom stereocenters. The summed E-state index contributed by atoms with van der Waals surface area (Å²) in [4.78, 5) is 12.5. The molecule has 0 aromatic rings. The fourth-order valence-electron chi connectivity index (χ4n) is 3.85. The van der Waals surface area contributed by atoms with Gasteiger partial charge in [-0.05, 0) is 37.5 Å². The lowest BCUT2D eigenvalue weighted by atomic mass is 9.67. The molecule has 116 valence electrons. The first-order chi connectivity index (χ1) is 9.64. The van der Waals surface area contributed by atoms with Crippen molar-refractivity contribution in [2.75, 3.05) is 11.8 Å². The second kappa shape index (κ2) is 7.35. The predicted octanol–water partition coefficient (Wildman–Crippen LogP) is 4.34. The van der Waals surface area contributed by atoms with Gasteiger partial charge in [0.15, 0.2) is 0 Å². The van der Waals surface area contributed by atoms with Crippen molar-refractivity contribution in [3.8, 4) is 0 Å². The van der Waals surface area contributed by atoms with E-state index < -0.39 is 5.54 Å². The lowest BCUT2D eigenvalue weighted by Gasteiger charge is -2.40. The van der Waals surface area contributed by atoms with Gasteiger partial charge in [0.05, 0.1) is 5.54 Å². The molecule has 2 rings (SSSR count). The number of amides is 1. The Morgan fingerprint density at radius 1 is 1.10 bits per heavy atom. The van der Waals surface area contributed by atoms with Crippen LogP contribution in [0.15, 0.2) is 0 Å². The highest BCUT2D eigenvalue weighted by atomic mass is 35.5. The number of halogens is 2. The molecule has 4 heteroatoms. The first-order valence-corrected chi connectivity index (χ1v) is 9.15. The molecule has 2 fully saturated rings. The van der Waals surface area contributed by atoms with Gasteiger partial charge in [-0.1, -0.05) is 32.6 Å². The van der Waals surface area contributed by atoms with Crippen LogP contribution in [-0.2, 0) is 4.79 Å².